The van der Waals surface area contributed by atoms with E-state index in [0.29, 0.717) is 17.8 Å². The number of nitrogens with zero attached hydrogens (tertiary/aromatic N) is 2. The van der Waals surface area contributed by atoms with Gasteiger partial charge in [0, 0.05) is 23.8 Å². The van der Waals surface area contributed by atoms with E-state index in [2.05, 4.69) is 5.32 Å². The fraction of sp³-hybridized carbons (Fsp3) is 0.333. The number of rotatable bonds is 5. The summed E-state index contributed by atoms with van der Waals surface area (Å²) in [5, 5.41) is 11.7. The molecule has 152 valence electrons. The first kappa shape index (κ1) is 20.8. The molecule has 0 saturated carbocycles. The number of ether oxygens (including phenoxy) is 1. The Morgan fingerprint density at radius 1 is 1.24 bits per heavy atom. The number of nitriles is 1. The number of hydrogen-bond donors (Lipinski definition) is 1. The number of benzene rings is 2. The van der Waals surface area contributed by atoms with Crippen LogP contribution in [0.5, 0.6) is 5.75 Å². The first-order chi connectivity index (χ1) is 13.9. The molecule has 1 saturated heterocycles. The summed E-state index contributed by atoms with van der Waals surface area (Å²) in [5.74, 6) is -0.267. The first-order valence-electron chi connectivity index (χ1n) is 9.38. The SMILES string of the molecule is COc1ccc(C(=O)Nc2cccc(C#N)c2)cc1S(=O)(=O)N1CCCC[C@@H]1C. The van der Waals surface area contributed by atoms with Crippen LogP contribution in [0.25, 0.3) is 0 Å². The first-order valence-corrected chi connectivity index (χ1v) is 10.8. The van der Waals surface area contributed by atoms with Gasteiger partial charge in [0.25, 0.3) is 5.91 Å². The van der Waals surface area contributed by atoms with Gasteiger partial charge < -0.3 is 10.1 Å². The Hall–Kier alpha value is -2.89. The van der Waals surface area contributed by atoms with Crippen LogP contribution in [-0.4, -0.2) is 38.3 Å². The number of sulfonamides is 1. The minimum Gasteiger partial charge on any atom is -0.495 e. The molecule has 0 unspecified atom stereocenters. The van der Waals surface area contributed by atoms with Gasteiger partial charge >= 0.3 is 0 Å². The lowest BCUT2D eigenvalue weighted by atomic mass is 10.1. The van der Waals surface area contributed by atoms with E-state index in [4.69, 9.17) is 10.00 Å². The molecule has 0 aliphatic carbocycles. The number of carbonyl (C=O) groups is 1. The molecule has 1 N–H and O–H groups in total. The Kier molecular flexibility index (Phi) is 6.20. The van der Waals surface area contributed by atoms with Gasteiger partial charge in [-0.3, -0.25) is 4.79 Å². The Morgan fingerprint density at radius 3 is 2.72 bits per heavy atom. The smallest absolute Gasteiger partial charge is 0.255 e. The summed E-state index contributed by atoms with van der Waals surface area (Å²) < 4.78 is 33.3. The Balaban J connectivity index is 1.94. The predicted octanol–water partition coefficient (Wildman–Crippen LogP) is 3.38. The highest BCUT2D eigenvalue weighted by Gasteiger charge is 2.33. The van der Waals surface area contributed by atoms with Gasteiger partial charge in [0.1, 0.15) is 10.6 Å². The van der Waals surface area contributed by atoms with Gasteiger partial charge in [0.15, 0.2) is 0 Å². The summed E-state index contributed by atoms with van der Waals surface area (Å²) >= 11 is 0. The Labute approximate surface area is 171 Å². The maximum atomic E-state index is 13.3. The minimum absolute atomic E-state index is 0.0211. The topological polar surface area (TPSA) is 99.5 Å². The van der Waals surface area contributed by atoms with E-state index in [9.17, 15) is 13.2 Å². The minimum atomic E-state index is -3.81. The standard InChI is InChI=1S/C21H23N3O4S/c1-15-6-3-4-11-24(15)29(26,27)20-13-17(9-10-19(20)28-2)21(25)23-18-8-5-7-16(12-18)14-22/h5,7-10,12-13,15H,3-4,6,11H2,1-2H3,(H,23,25)/t15-/m0/s1. The number of piperidine rings is 1. The largest absolute Gasteiger partial charge is 0.495 e. The quantitative estimate of drug-likeness (QED) is 0.810. The maximum absolute atomic E-state index is 13.3. The number of amides is 1. The lowest BCUT2D eigenvalue weighted by Gasteiger charge is -2.32. The van der Waals surface area contributed by atoms with Crippen molar-refractivity contribution < 1.29 is 17.9 Å². The molecule has 3 rings (SSSR count). The van der Waals surface area contributed by atoms with Crippen molar-refractivity contribution in [3.05, 3.63) is 53.6 Å². The molecule has 29 heavy (non-hydrogen) atoms. The lowest BCUT2D eigenvalue weighted by molar-refractivity contribution is 0.102. The highest BCUT2D eigenvalue weighted by molar-refractivity contribution is 7.89. The van der Waals surface area contributed by atoms with Gasteiger partial charge in [-0.1, -0.05) is 12.5 Å². The molecule has 1 aliphatic heterocycles. The van der Waals surface area contributed by atoms with Gasteiger partial charge in [-0.25, -0.2) is 8.42 Å². The van der Waals surface area contributed by atoms with Crippen molar-refractivity contribution in [2.75, 3.05) is 19.0 Å². The van der Waals surface area contributed by atoms with Gasteiger partial charge in [-0.2, -0.15) is 9.57 Å². The zero-order chi connectivity index (χ0) is 21.0. The highest BCUT2D eigenvalue weighted by Crippen LogP contribution is 2.32. The number of nitrogens with one attached hydrogen (secondary N) is 1. The number of carbonyl (C=O) groups excluding carboxylic acids is 1. The van der Waals surface area contributed by atoms with Crippen LogP contribution in [0.4, 0.5) is 5.69 Å². The molecule has 0 radical (unpaired) electrons. The highest BCUT2D eigenvalue weighted by atomic mass is 32.2. The van der Waals surface area contributed by atoms with Crippen LogP contribution in [0.2, 0.25) is 0 Å². The van der Waals surface area contributed by atoms with Crippen LogP contribution in [0.1, 0.15) is 42.1 Å². The Bertz CT molecular complexity index is 1060. The second kappa shape index (κ2) is 8.64. The van der Waals surface area contributed by atoms with Crippen LogP contribution in [-0.2, 0) is 10.0 Å². The lowest BCUT2D eigenvalue weighted by Crippen LogP contribution is -2.42. The van der Waals surface area contributed by atoms with E-state index in [1.807, 2.05) is 13.0 Å². The van der Waals surface area contributed by atoms with Crippen molar-refractivity contribution >= 4 is 21.6 Å². The number of hydrogen-bond acceptors (Lipinski definition) is 5. The average Bonchev–Trinajstić information content (AvgIpc) is 2.73. The van der Waals surface area contributed by atoms with Crippen molar-refractivity contribution in [1.82, 2.24) is 4.31 Å². The summed E-state index contributed by atoms with van der Waals surface area (Å²) in [6, 6.07) is 12.8. The van der Waals surface area contributed by atoms with Crippen LogP contribution >= 0.6 is 0 Å². The molecule has 0 spiro atoms. The summed E-state index contributed by atoms with van der Waals surface area (Å²) in [6.07, 6.45) is 2.60. The van der Waals surface area contributed by atoms with E-state index in [1.54, 1.807) is 24.3 Å². The zero-order valence-corrected chi connectivity index (χ0v) is 17.2. The van der Waals surface area contributed by atoms with E-state index >= 15 is 0 Å². The molecular formula is C21H23N3O4S. The molecule has 0 aromatic heterocycles. The van der Waals surface area contributed by atoms with Crippen LogP contribution in [0.15, 0.2) is 47.4 Å². The monoisotopic (exact) mass is 413 g/mol. The molecule has 1 heterocycles. The van der Waals surface area contributed by atoms with E-state index in [0.717, 1.165) is 19.3 Å². The van der Waals surface area contributed by atoms with Crippen molar-refractivity contribution in [2.45, 2.75) is 37.1 Å². The second-order valence-corrected chi connectivity index (χ2v) is 8.83. The summed E-state index contributed by atoms with van der Waals surface area (Å²) in [7, 11) is -2.40. The maximum Gasteiger partial charge on any atom is 0.255 e. The summed E-state index contributed by atoms with van der Waals surface area (Å²) in [6.45, 7) is 2.34. The molecule has 2 aromatic rings. The second-order valence-electron chi connectivity index (χ2n) is 6.97. The number of anilines is 1. The van der Waals surface area contributed by atoms with Crippen molar-refractivity contribution in [3.63, 3.8) is 0 Å². The van der Waals surface area contributed by atoms with Crippen LogP contribution in [0.3, 0.4) is 0 Å². The fourth-order valence-corrected chi connectivity index (χ4v) is 5.33. The summed E-state index contributed by atoms with van der Waals surface area (Å²) in [4.78, 5) is 12.7. The third-order valence-electron chi connectivity index (χ3n) is 5.00. The van der Waals surface area contributed by atoms with Gasteiger partial charge in [-0.05, 0) is 56.2 Å². The molecular weight excluding hydrogens is 390 g/mol. The third kappa shape index (κ3) is 4.42. The van der Waals surface area contributed by atoms with Gasteiger partial charge in [0.05, 0.1) is 18.7 Å². The normalized spacial score (nSPS) is 17.3. The molecule has 8 heteroatoms. The van der Waals surface area contributed by atoms with Crippen molar-refractivity contribution in [2.24, 2.45) is 0 Å². The van der Waals surface area contributed by atoms with Gasteiger partial charge in [0.2, 0.25) is 10.0 Å². The molecule has 1 aliphatic rings. The predicted molar refractivity (Wildman–Crippen MR) is 109 cm³/mol. The fourth-order valence-electron chi connectivity index (χ4n) is 3.44. The molecule has 7 nitrogen and oxygen atoms in total. The van der Waals surface area contributed by atoms with Crippen molar-refractivity contribution in [3.8, 4) is 11.8 Å². The van der Waals surface area contributed by atoms with Gasteiger partial charge in [-0.15, -0.1) is 0 Å². The molecule has 2 aromatic carbocycles. The average molecular weight is 413 g/mol. The third-order valence-corrected chi connectivity index (χ3v) is 7.04. The molecule has 1 fully saturated rings. The van der Waals surface area contributed by atoms with Crippen LogP contribution in [0, 0.1) is 11.3 Å². The van der Waals surface area contributed by atoms with E-state index in [1.165, 1.54) is 29.6 Å². The molecule has 0 bridgehead atoms. The van der Waals surface area contributed by atoms with E-state index < -0.39 is 15.9 Å². The summed E-state index contributed by atoms with van der Waals surface area (Å²) in [5.41, 5.74) is 1.07. The number of methoxy groups -OCH3 is 1. The molecule has 1 atom stereocenters. The molecule has 1 amide bonds. The Morgan fingerprint density at radius 2 is 2.03 bits per heavy atom. The van der Waals surface area contributed by atoms with Crippen molar-refractivity contribution in [1.29, 1.82) is 5.26 Å². The van der Waals surface area contributed by atoms with E-state index in [-0.39, 0.29) is 22.3 Å². The van der Waals surface area contributed by atoms with Crippen LogP contribution < -0.4 is 10.1 Å². The zero-order valence-electron chi connectivity index (χ0n) is 16.4.